The van der Waals surface area contributed by atoms with Crippen LogP contribution in [0.25, 0.3) is 11.1 Å². The molecule has 0 amide bonds. The number of nitro groups is 1. The van der Waals surface area contributed by atoms with Crippen molar-refractivity contribution in [2.24, 2.45) is 0 Å². The van der Waals surface area contributed by atoms with Gasteiger partial charge in [0.25, 0.3) is 5.69 Å². The van der Waals surface area contributed by atoms with Crippen molar-refractivity contribution in [3.63, 3.8) is 0 Å². The summed E-state index contributed by atoms with van der Waals surface area (Å²) in [6.45, 7) is 1.72. The summed E-state index contributed by atoms with van der Waals surface area (Å²) >= 11 is 0. The summed E-state index contributed by atoms with van der Waals surface area (Å²) in [6.07, 6.45) is 0. The molecule has 0 heterocycles. The third-order valence-electron chi connectivity index (χ3n) is 5.20. The van der Waals surface area contributed by atoms with Crippen LogP contribution < -0.4 is 14.2 Å². The Morgan fingerprint density at radius 2 is 1.35 bits per heavy atom. The molecule has 0 saturated carbocycles. The number of hydrogen-bond donors (Lipinski definition) is 0. The topological polar surface area (TPSA) is 80.1 Å². The van der Waals surface area contributed by atoms with Gasteiger partial charge in [-0.15, -0.1) is 0 Å². The Labute approximate surface area is 184 Å². The average Bonchev–Trinajstić information content (AvgIpc) is 2.82. The maximum atomic E-state index is 12.5. The van der Waals surface area contributed by atoms with E-state index >= 15 is 0 Å². The molecule has 0 bridgehead atoms. The van der Waals surface area contributed by atoms with Gasteiger partial charge in [0, 0.05) is 0 Å². The van der Waals surface area contributed by atoms with E-state index in [2.05, 4.69) is 10.5 Å². The van der Waals surface area contributed by atoms with Crippen molar-refractivity contribution < 1.29 is 23.6 Å². The number of hydrogen-bond acceptors (Lipinski definition) is 6. The minimum Gasteiger partial charge on any atom is -0.492 e. The van der Waals surface area contributed by atoms with Gasteiger partial charge in [0.15, 0.2) is 11.5 Å². The summed E-state index contributed by atoms with van der Waals surface area (Å²) in [5.74, 6) is 0.580. The molecule has 1 unspecified atom stereocenters. The van der Waals surface area contributed by atoms with Crippen LogP contribution >= 0.6 is 0 Å². The van der Waals surface area contributed by atoms with Crippen LogP contribution in [0.1, 0.15) is 18.1 Å². The molecule has 8 heteroatoms. The van der Waals surface area contributed by atoms with Crippen LogP contribution in [0.15, 0.2) is 60.7 Å². The van der Waals surface area contributed by atoms with Gasteiger partial charge in [-0.05, 0) is 18.1 Å². The van der Waals surface area contributed by atoms with Crippen molar-refractivity contribution in [1.82, 2.24) is 0 Å². The molecular formula is C23H22NO6Si. The largest absolute Gasteiger partial charge is 0.492 e. The number of benzene rings is 3. The minimum absolute atomic E-state index is 0.148. The van der Waals surface area contributed by atoms with E-state index in [0.717, 1.165) is 0 Å². The highest BCUT2D eigenvalue weighted by Crippen LogP contribution is 2.57. The molecule has 1 atom stereocenters. The van der Waals surface area contributed by atoms with Crippen LogP contribution in [0, 0.1) is 10.1 Å². The Kier molecular flexibility index (Phi) is 6.62. The molecule has 0 N–H and O–H groups in total. The van der Waals surface area contributed by atoms with Gasteiger partial charge in [-0.1, -0.05) is 60.7 Å². The number of nitro benzene ring substituents is 1. The molecular weight excluding hydrogens is 414 g/mol. The van der Waals surface area contributed by atoms with Crippen LogP contribution in [0.4, 0.5) is 5.69 Å². The van der Waals surface area contributed by atoms with Crippen molar-refractivity contribution in [3.8, 4) is 28.4 Å². The normalized spacial score (nSPS) is 12.7. The zero-order chi connectivity index (χ0) is 22.6. The quantitative estimate of drug-likeness (QED) is 0.290. The highest BCUT2D eigenvalue weighted by molar-refractivity contribution is 5.99. The van der Waals surface area contributed by atoms with E-state index in [1.165, 1.54) is 21.3 Å². The SMILES string of the molecule is COc1c(OC)c(-c2ccccc2)c([N+](=O)[O-])c(C(C)(O[Si])c2ccccc2)c1OC. The van der Waals surface area contributed by atoms with Crippen molar-refractivity contribution in [2.45, 2.75) is 12.5 Å². The standard InChI is InChI=1S/C23H22NO6Si/c1-23(30-31,16-13-9-6-10-14-16)18-19(24(25)26)17(15-11-7-5-8-12-15)20(27-2)22(29-4)21(18)28-3/h5-14H,1-4H3. The molecule has 3 aromatic carbocycles. The second-order valence-electron chi connectivity index (χ2n) is 6.82. The number of methoxy groups -OCH3 is 3. The molecule has 159 valence electrons. The molecule has 31 heavy (non-hydrogen) atoms. The second kappa shape index (κ2) is 9.19. The lowest BCUT2D eigenvalue weighted by Crippen LogP contribution is -2.29. The first kappa shape index (κ1) is 22.3. The lowest BCUT2D eigenvalue weighted by atomic mass is 9.83. The van der Waals surface area contributed by atoms with Gasteiger partial charge < -0.3 is 18.6 Å². The molecule has 3 aromatic rings. The summed E-state index contributed by atoms with van der Waals surface area (Å²) in [7, 11) is 7.48. The van der Waals surface area contributed by atoms with Crippen molar-refractivity contribution in [2.75, 3.05) is 21.3 Å². The van der Waals surface area contributed by atoms with E-state index in [9.17, 15) is 10.1 Å². The summed E-state index contributed by atoms with van der Waals surface area (Å²) in [4.78, 5) is 12.1. The van der Waals surface area contributed by atoms with E-state index in [4.69, 9.17) is 18.6 Å². The molecule has 0 aliphatic rings. The molecule has 0 fully saturated rings. The molecule has 0 saturated heterocycles. The number of rotatable bonds is 8. The van der Waals surface area contributed by atoms with Crippen molar-refractivity contribution in [3.05, 3.63) is 81.9 Å². The average molecular weight is 437 g/mol. The summed E-state index contributed by atoms with van der Waals surface area (Å²) < 4.78 is 22.6. The predicted octanol–water partition coefficient (Wildman–Crippen LogP) is 4.65. The Hall–Kier alpha value is -3.36. The van der Waals surface area contributed by atoms with E-state index in [1.54, 1.807) is 31.2 Å². The fraction of sp³-hybridized carbons (Fsp3) is 0.217. The predicted molar refractivity (Wildman–Crippen MR) is 118 cm³/mol. The first-order chi connectivity index (χ1) is 14.9. The Bertz CT molecular complexity index is 1070. The van der Waals surface area contributed by atoms with E-state index < -0.39 is 10.5 Å². The van der Waals surface area contributed by atoms with Crippen LogP contribution in [0.3, 0.4) is 0 Å². The first-order valence-electron chi connectivity index (χ1n) is 9.41. The molecule has 0 aliphatic carbocycles. The molecule has 0 spiro atoms. The van der Waals surface area contributed by atoms with Gasteiger partial charge in [-0.3, -0.25) is 10.1 Å². The maximum absolute atomic E-state index is 12.5. The van der Waals surface area contributed by atoms with Crippen LogP contribution in [-0.4, -0.2) is 36.7 Å². The number of nitrogens with zero attached hydrogens (tertiary/aromatic N) is 1. The van der Waals surface area contributed by atoms with Crippen LogP contribution in [-0.2, 0) is 10.0 Å². The third kappa shape index (κ3) is 3.75. The van der Waals surface area contributed by atoms with Gasteiger partial charge in [0.05, 0.1) is 26.3 Å². The molecule has 0 aromatic heterocycles. The van der Waals surface area contributed by atoms with Crippen LogP contribution in [0.5, 0.6) is 17.2 Å². The van der Waals surface area contributed by atoms with Crippen LogP contribution in [0.2, 0.25) is 0 Å². The first-order valence-corrected chi connectivity index (χ1v) is 9.81. The fourth-order valence-electron chi connectivity index (χ4n) is 3.75. The smallest absolute Gasteiger partial charge is 0.291 e. The summed E-state index contributed by atoms with van der Waals surface area (Å²) in [6, 6.07) is 18.1. The van der Waals surface area contributed by atoms with Crippen molar-refractivity contribution >= 4 is 16.2 Å². The van der Waals surface area contributed by atoms with Gasteiger partial charge >= 0.3 is 0 Å². The molecule has 3 radical (unpaired) electrons. The monoisotopic (exact) mass is 436 g/mol. The van der Waals surface area contributed by atoms with Gasteiger partial charge in [0.1, 0.15) is 16.7 Å². The minimum atomic E-state index is -1.30. The lowest BCUT2D eigenvalue weighted by Gasteiger charge is -2.32. The van der Waals surface area contributed by atoms with Gasteiger partial charge in [-0.2, -0.15) is 0 Å². The fourth-order valence-corrected chi connectivity index (χ4v) is 3.97. The molecule has 7 nitrogen and oxygen atoms in total. The Balaban J connectivity index is 2.58. The summed E-state index contributed by atoms with van der Waals surface area (Å²) in [5, 5.41) is 12.5. The number of ether oxygens (including phenoxy) is 3. The van der Waals surface area contributed by atoms with E-state index in [1.807, 2.05) is 36.4 Å². The highest BCUT2D eigenvalue weighted by Gasteiger charge is 2.44. The second-order valence-corrected chi connectivity index (χ2v) is 7.03. The summed E-state index contributed by atoms with van der Waals surface area (Å²) in [5.41, 5.74) is 0.236. The van der Waals surface area contributed by atoms with Crippen molar-refractivity contribution in [1.29, 1.82) is 0 Å². The van der Waals surface area contributed by atoms with Gasteiger partial charge in [0.2, 0.25) is 16.2 Å². The van der Waals surface area contributed by atoms with E-state index in [-0.39, 0.29) is 34.1 Å². The highest BCUT2D eigenvalue weighted by atomic mass is 28.2. The zero-order valence-corrected chi connectivity index (χ0v) is 18.7. The maximum Gasteiger partial charge on any atom is 0.291 e. The third-order valence-corrected chi connectivity index (χ3v) is 5.61. The van der Waals surface area contributed by atoms with Gasteiger partial charge in [-0.25, -0.2) is 0 Å². The molecule has 3 rings (SSSR count). The Morgan fingerprint density at radius 1 is 0.839 bits per heavy atom. The Morgan fingerprint density at radius 3 is 1.81 bits per heavy atom. The molecule has 0 aliphatic heterocycles. The zero-order valence-electron chi connectivity index (χ0n) is 17.7. The lowest BCUT2D eigenvalue weighted by molar-refractivity contribution is -0.385. The van der Waals surface area contributed by atoms with E-state index in [0.29, 0.717) is 11.1 Å².